The van der Waals surface area contributed by atoms with Gasteiger partial charge in [-0.2, -0.15) is 0 Å². The molecule has 1 aliphatic carbocycles. The Kier molecular flexibility index (Phi) is 6.55. The predicted octanol–water partition coefficient (Wildman–Crippen LogP) is 4.49. The standard InChI is InChI=1S/C17H24FNOS/c1-2-19(15-6-4-3-5-7-15)17(20)12-13-21-16-10-8-14(18)9-11-16/h8-11,15H,2-7,12-13H2,1H3. The summed E-state index contributed by atoms with van der Waals surface area (Å²) in [6, 6.07) is 6.91. The van der Waals surface area contributed by atoms with Crippen molar-refractivity contribution in [3.63, 3.8) is 0 Å². The van der Waals surface area contributed by atoms with Crippen molar-refractivity contribution in [2.24, 2.45) is 0 Å². The quantitative estimate of drug-likeness (QED) is 0.722. The minimum atomic E-state index is -0.218. The second kappa shape index (κ2) is 8.42. The molecule has 0 bridgehead atoms. The first-order chi connectivity index (χ1) is 10.2. The van der Waals surface area contributed by atoms with Gasteiger partial charge >= 0.3 is 0 Å². The molecule has 1 aliphatic rings. The first kappa shape index (κ1) is 16.3. The highest BCUT2D eigenvalue weighted by atomic mass is 32.2. The third kappa shape index (κ3) is 5.03. The number of carbonyl (C=O) groups is 1. The highest BCUT2D eigenvalue weighted by molar-refractivity contribution is 7.99. The summed E-state index contributed by atoms with van der Waals surface area (Å²) in [7, 11) is 0. The maximum atomic E-state index is 12.8. The molecule has 0 heterocycles. The summed E-state index contributed by atoms with van der Waals surface area (Å²) >= 11 is 1.62. The van der Waals surface area contributed by atoms with Gasteiger partial charge in [-0.1, -0.05) is 19.3 Å². The maximum absolute atomic E-state index is 12.8. The fourth-order valence-corrected chi connectivity index (χ4v) is 3.80. The van der Waals surface area contributed by atoms with Crippen molar-refractivity contribution in [3.05, 3.63) is 30.1 Å². The van der Waals surface area contributed by atoms with Crippen molar-refractivity contribution in [1.29, 1.82) is 0 Å². The zero-order valence-electron chi connectivity index (χ0n) is 12.7. The van der Waals surface area contributed by atoms with Crippen molar-refractivity contribution >= 4 is 17.7 Å². The van der Waals surface area contributed by atoms with Crippen LogP contribution in [0, 0.1) is 5.82 Å². The smallest absolute Gasteiger partial charge is 0.223 e. The number of thioether (sulfide) groups is 1. The summed E-state index contributed by atoms with van der Waals surface area (Å²) in [6.45, 7) is 2.88. The molecule has 21 heavy (non-hydrogen) atoms. The number of hydrogen-bond donors (Lipinski definition) is 0. The molecule has 116 valence electrons. The van der Waals surface area contributed by atoms with Crippen LogP contribution in [0.4, 0.5) is 4.39 Å². The molecular formula is C17H24FNOS. The highest BCUT2D eigenvalue weighted by Crippen LogP contribution is 2.24. The molecule has 0 aliphatic heterocycles. The van der Waals surface area contributed by atoms with Gasteiger partial charge in [0.05, 0.1) is 0 Å². The molecule has 1 amide bonds. The van der Waals surface area contributed by atoms with Crippen LogP contribution in [0.5, 0.6) is 0 Å². The fourth-order valence-electron chi connectivity index (χ4n) is 2.96. The van der Waals surface area contributed by atoms with Crippen molar-refractivity contribution in [3.8, 4) is 0 Å². The Hall–Kier alpha value is -1.03. The Morgan fingerprint density at radius 1 is 1.24 bits per heavy atom. The molecule has 0 radical (unpaired) electrons. The average Bonchev–Trinajstić information content (AvgIpc) is 2.51. The number of amides is 1. The summed E-state index contributed by atoms with van der Waals surface area (Å²) < 4.78 is 12.8. The molecule has 0 saturated heterocycles. The Bertz CT molecular complexity index is 443. The van der Waals surface area contributed by atoms with E-state index in [1.165, 1.54) is 31.4 Å². The van der Waals surface area contributed by atoms with Gasteiger partial charge in [0.2, 0.25) is 5.91 Å². The molecule has 1 aromatic carbocycles. The SMILES string of the molecule is CCN(C(=O)CCSc1ccc(F)cc1)C1CCCCC1. The molecule has 2 rings (SSSR count). The molecule has 1 aromatic rings. The second-order valence-corrected chi connectivity index (χ2v) is 6.69. The summed E-state index contributed by atoms with van der Waals surface area (Å²) in [5, 5.41) is 0. The average molecular weight is 309 g/mol. The van der Waals surface area contributed by atoms with Gasteiger partial charge in [0.1, 0.15) is 5.82 Å². The largest absolute Gasteiger partial charge is 0.340 e. The van der Waals surface area contributed by atoms with E-state index in [0.717, 1.165) is 30.0 Å². The van der Waals surface area contributed by atoms with Crippen molar-refractivity contribution < 1.29 is 9.18 Å². The number of benzene rings is 1. The Labute approximate surface area is 131 Å². The molecule has 0 aromatic heterocycles. The van der Waals surface area contributed by atoms with E-state index >= 15 is 0 Å². The first-order valence-corrected chi connectivity index (χ1v) is 8.87. The van der Waals surface area contributed by atoms with Crippen LogP contribution in [-0.2, 0) is 4.79 Å². The minimum Gasteiger partial charge on any atom is -0.340 e. The summed E-state index contributed by atoms with van der Waals surface area (Å²) in [4.78, 5) is 15.4. The van der Waals surface area contributed by atoms with Crippen LogP contribution in [0.25, 0.3) is 0 Å². The van der Waals surface area contributed by atoms with Crippen LogP contribution in [0.2, 0.25) is 0 Å². The molecule has 2 nitrogen and oxygen atoms in total. The molecule has 0 atom stereocenters. The zero-order valence-corrected chi connectivity index (χ0v) is 13.5. The van der Waals surface area contributed by atoms with Gasteiger partial charge in [0, 0.05) is 29.7 Å². The van der Waals surface area contributed by atoms with Crippen LogP contribution in [0.1, 0.15) is 45.4 Å². The number of halogens is 1. The molecule has 4 heteroatoms. The van der Waals surface area contributed by atoms with Crippen LogP contribution < -0.4 is 0 Å². The van der Waals surface area contributed by atoms with Gasteiger partial charge in [-0.05, 0) is 44.0 Å². The number of hydrogen-bond acceptors (Lipinski definition) is 2. The number of carbonyl (C=O) groups excluding carboxylic acids is 1. The fraction of sp³-hybridized carbons (Fsp3) is 0.588. The van der Waals surface area contributed by atoms with Gasteiger partial charge < -0.3 is 4.90 Å². The van der Waals surface area contributed by atoms with Gasteiger partial charge in [-0.25, -0.2) is 4.39 Å². The van der Waals surface area contributed by atoms with E-state index in [1.54, 1.807) is 23.9 Å². The topological polar surface area (TPSA) is 20.3 Å². The van der Waals surface area contributed by atoms with Crippen molar-refractivity contribution in [1.82, 2.24) is 4.90 Å². The van der Waals surface area contributed by atoms with Gasteiger partial charge in [0.25, 0.3) is 0 Å². The monoisotopic (exact) mass is 309 g/mol. The highest BCUT2D eigenvalue weighted by Gasteiger charge is 2.23. The molecule has 1 fully saturated rings. The van der Waals surface area contributed by atoms with Crippen molar-refractivity contribution in [2.45, 2.75) is 56.4 Å². The predicted molar refractivity (Wildman–Crippen MR) is 86.0 cm³/mol. The first-order valence-electron chi connectivity index (χ1n) is 7.88. The van der Waals surface area contributed by atoms with E-state index in [0.29, 0.717) is 12.5 Å². The third-order valence-corrected chi connectivity index (χ3v) is 5.09. The summed E-state index contributed by atoms with van der Waals surface area (Å²) in [5.74, 6) is 0.803. The lowest BCUT2D eigenvalue weighted by molar-refractivity contribution is -0.133. The van der Waals surface area contributed by atoms with Gasteiger partial charge in [-0.15, -0.1) is 11.8 Å². The van der Waals surface area contributed by atoms with E-state index in [9.17, 15) is 9.18 Å². The zero-order chi connectivity index (χ0) is 15.1. The Balaban J connectivity index is 1.78. The number of nitrogens with zero attached hydrogens (tertiary/aromatic N) is 1. The summed E-state index contributed by atoms with van der Waals surface area (Å²) in [5.41, 5.74) is 0. The van der Waals surface area contributed by atoms with E-state index in [1.807, 2.05) is 0 Å². The molecule has 1 saturated carbocycles. The van der Waals surface area contributed by atoms with Crippen LogP contribution in [0.15, 0.2) is 29.2 Å². The molecule has 0 N–H and O–H groups in total. The lowest BCUT2D eigenvalue weighted by Gasteiger charge is -2.33. The Morgan fingerprint density at radius 3 is 2.52 bits per heavy atom. The van der Waals surface area contributed by atoms with Gasteiger partial charge in [0.15, 0.2) is 0 Å². The molecule has 0 spiro atoms. The van der Waals surface area contributed by atoms with Crippen molar-refractivity contribution in [2.75, 3.05) is 12.3 Å². The van der Waals surface area contributed by atoms with E-state index in [4.69, 9.17) is 0 Å². The number of rotatable bonds is 6. The molecular weight excluding hydrogens is 285 g/mol. The molecule has 0 unspecified atom stereocenters. The second-order valence-electron chi connectivity index (χ2n) is 5.52. The normalized spacial score (nSPS) is 15.9. The minimum absolute atomic E-state index is 0.218. The van der Waals surface area contributed by atoms with Crippen LogP contribution in [0.3, 0.4) is 0 Å². The van der Waals surface area contributed by atoms with E-state index in [2.05, 4.69) is 11.8 Å². The van der Waals surface area contributed by atoms with E-state index in [-0.39, 0.29) is 11.7 Å². The van der Waals surface area contributed by atoms with Gasteiger partial charge in [-0.3, -0.25) is 4.79 Å². The third-order valence-electron chi connectivity index (χ3n) is 4.07. The van der Waals surface area contributed by atoms with Crippen LogP contribution in [-0.4, -0.2) is 29.1 Å². The van der Waals surface area contributed by atoms with Crippen LogP contribution >= 0.6 is 11.8 Å². The Morgan fingerprint density at radius 2 is 1.90 bits per heavy atom. The summed E-state index contributed by atoms with van der Waals surface area (Å²) in [6.07, 6.45) is 6.68. The van der Waals surface area contributed by atoms with E-state index < -0.39 is 0 Å². The lowest BCUT2D eigenvalue weighted by atomic mass is 9.94. The maximum Gasteiger partial charge on any atom is 0.223 e. The lowest BCUT2D eigenvalue weighted by Crippen LogP contribution is -2.41.